The van der Waals surface area contributed by atoms with E-state index < -0.39 is 6.04 Å². The van der Waals surface area contributed by atoms with Crippen molar-refractivity contribution in [2.75, 3.05) is 24.2 Å². The van der Waals surface area contributed by atoms with Gasteiger partial charge in [-0.25, -0.2) is 0 Å². The van der Waals surface area contributed by atoms with E-state index in [1.54, 1.807) is 43.3 Å². The lowest BCUT2D eigenvalue weighted by Gasteiger charge is -2.23. The first kappa shape index (κ1) is 21.0. The van der Waals surface area contributed by atoms with Crippen LogP contribution < -0.4 is 10.6 Å². The van der Waals surface area contributed by atoms with Gasteiger partial charge in [0.25, 0.3) is 0 Å². The van der Waals surface area contributed by atoms with Crippen molar-refractivity contribution >= 4 is 57.3 Å². The van der Waals surface area contributed by atoms with Crippen LogP contribution in [0.5, 0.6) is 0 Å². The first-order valence-corrected chi connectivity index (χ1v) is 9.70. The lowest BCUT2D eigenvalue weighted by molar-refractivity contribution is -0.122. The fourth-order valence-electron chi connectivity index (χ4n) is 2.79. The number of likely N-dealkylation sites (N-methyl/N-ethyl adjacent to an activating group) is 1. The predicted octanol–water partition coefficient (Wildman–Crippen LogP) is 4.44. The third kappa shape index (κ3) is 5.23. The standard InChI is InChI=1S/C21H20Cl2N4O2/c1-13(21(29)26-19-7-3-6-18-15(19)5-4-10-24-18)27(2)12-20(28)25-14-8-9-16(22)17(23)11-14/h3-11,13H,12H2,1-2H3,(H,25,28)(H,26,29). The van der Waals surface area contributed by atoms with Gasteiger partial charge in [-0.15, -0.1) is 0 Å². The van der Waals surface area contributed by atoms with E-state index in [1.807, 2.05) is 30.3 Å². The summed E-state index contributed by atoms with van der Waals surface area (Å²) >= 11 is 11.8. The molecule has 1 atom stereocenters. The summed E-state index contributed by atoms with van der Waals surface area (Å²) < 4.78 is 0. The second-order valence-electron chi connectivity index (χ2n) is 6.63. The predicted molar refractivity (Wildman–Crippen MR) is 118 cm³/mol. The van der Waals surface area contributed by atoms with Crippen LogP contribution in [0.4, 0.5) is 11.4 Å². The second-order valence-corrected chi connectivity index (χ2v) is 7.45. The maximum Gasteiger partial charge on any atom is 0.241 e. The van der Waals surface area contributed by atoms with E-state index in [1.165, 1.54) is 0 Å². The lowest BCUT2D eigenvalue weighted by atomic mass is 10.1. The minimum atomic E-state index is -0.526. The number of fused-ring (bicyclic) bond motifs is 1. The molecule has 2 amide bonds. The van der Waals surface area contributed by atoms with E-state index in [9.17, 15) is 9.59 Å². The molecule has 3 rings (SSSR count). The van der Waals surface area contributed by atoms with Crippen LogP contribution in [0.25, 0.3) is 10.9 Å². The molecule has 0 radical (unpaired) electrons. The molecule has 0 bridgehead atoms. The molecule has 8 heteroatoms. The summed E-state index contributed by atoms with van der Waals surface area (Å²) in [6, 6.07) is 13.6. The van der Waals surface area contributed by atoms with Gasteiger partial charge in [-0.2, -0.15) is 0 Å². The van der Waals surface area contributed by atoms with E-state index in [0.29, 0.717) is 21.4 Å². The van der Waals surface area contributed by atoms with Crippen molar-refractivity contribution in [2.24, 2.45) is 0 Å². The number of amides is 2. The summed E-state index contributed by atoms with van der Waals surface area (Å²) in [5, 5.41) is 7.29. The Bertz CT molecular complexity index is 1050. The van der Waals surface area contributed by atoms with Gasteiger partial charge in [0.05, 0.1) is 33.8 Å². The van der Waals surface area contributed by atoms with E-state index in [-0.39, 0.29) is 18.4 Å². The number of hydrogen-bond donors (Lipinski definition) is 2. The first-order valence-electron chi connectivity index (χ1n) is 8.95. The number of rotatable bonds is 6. The zero-order chi connectivity index (χ0) is 21.0. The Morgan fingerprint density at radius 1 is 1.07 bits per heavy atom. The largest absolute Gasteiger partial charge is 0.325 e. The zero-order valence-electron chi connectivity index (χ0n) is 15.9. The summed E-state index contributed by atoms with van der Waals surface area (Å²) in [7, 11) is 1.71. The molecule has 1 aromatic heterocycles. The van der Waals surface area contributed by atoms with Crippen molar-refractivity contribution in [1.29, 1.82) is 0 Å². The Balaban J connectivity index is 1.61. The molecule has 2 N–H and O–H groups in total. The molecule has 0 spiro atoms. The number of benzene rings is 2. The van der Waals surface area contributed by atoms with Gasteiger partial charge in [0.1, 0.15) is 0 Å². The van der Waals surface area contributed by atoms with E-state index in [2.05, 4.69) is 15.6 Å². The third-order valence-corrected chi connectivity index (χ3v) is 5.28. The van der Waals surface area contributed by atoms with Crippen molar-refractivity contribution in [2.45, 2.75) is 13.0 Å². The highest BCUT2D eigenvalue weighted by atomic mass is 35.5. The summed E-state index contributed by atoms with van der Waals surface area (Å²) in [5.41, 5.74) is 2.02. The fraction of sp³-hybridized carbons (Fsp3) is 0.190. The number of anilines is 2. The maximum atomic E-state index is 12.7. The molecule has 6 nitrogen and oxygen atoms in total. The summed E-state index contributed by atoms with van der Waals surface area (Å²) in [6.07, 6.45) is 1.71. The van der Waals surface area contributed by atoms with Crippen LogP contribution in [0.15, 0.2) is 54.7 Å². The van der Waals surface area contributed by atoms with Crippen molar-refractivity contribution in [3.05, 3.63) is 64.8 Å². The average molecular weight is 431 g/mol. The molecule has 1 unspecified atom stereocenters. The van der Waals surface area contributed by atoms with E-state index in [0.717, 1.165) is 10.9 Å². The number of pyridine rings is 1. The van der Waals surface area contributed by atoms with Gasteiger partial charge in [-0.3, -0.25) is 19.5 Å². The number of nitrogens with one attached hydrogen (secondary N) is 2. The zero-order valence-corrected chi connectivity index (χ0v) is 17.5. The van der Waals surface area contributed by atoms with Gasteiger partial charge in [-0.05, 0) is 56.4 Å². The Morgan fingerprint density at radius 3 is 2.62 bits per heavy atom. The molecule has 1 heterocycles. The van der Waals surface area contributed by atoms with E-state index >= 15 is 0 Å². The summed E-state index contributed by atoms with van der Waals surface area (Å²) in [5.74, 6) is -0.480. The molecule has 2 aromatic carbocycles. The molecule has 0 aliphatic rings. The number of hydrogen-bond acceptors (Lipinski definition) is 4. The van der Waals surface area contributed by atoms with E-state index in [4.69, 9.17) is 23.2 Å². The van der Waals surface area contributed by atoms with Crippen molar-refractivity contribution in [3.8, 4) is 0 Å². The number of carbonyl (C=O) groups excluding carboxylic acids is 2. The number of carbonyl (C=O) groups is 2. The van der Waals surface area contributed by atoms with Gasteiger partial charge in [-0.1, -0.05) is 29.3 Å². The molecule has 0 saturated carbocycles. The van der Waals surface area contributed by atoms with Crippen molar-refractivity contribution in [1.82, 2.24) is 9.88 Å². The molecule has 3 aromatic rings. The summed E-state index contributed by atoms with van der Waals surface area (Å²) in [4.78, 5) is 30.9. The Kier molecular flexibility index (Phi) is 6.69. The fourth-order valence-corrected chi connectivity index (χ4v) is 3.09. The van der Waals surface area contributed by atoms with Crippen LogP contribution in [-0.2, 0) is 9.59 Å². The Hall–Kier alpha value is -2.67. The smallest absolute Gasteiger partial charge is 0.241 e. The number of halogens is 2. The van der Waals surface area contributed by atoms with Crippen LogP contribution in [0.2, 0.25) is 10.0 Å². The Labute approximate surface area is 178 Å². The van der Waals surface area contributed by atoms with Crippen LogP contribution in [0.3, 0.4) is 0 Å². The second kappa shape index (κ2) is 9.22. The molecule has 29 heavy (non-hydrogen) atoms. The van der Waals surface area contributed by atoms with Crippen molar-refractivity contribution < 1.29 is 9.59 Å². The Morgan fingerprint density at radius 2 is 1.86 bits per heavy atom. The minimum Gasteiger partial charge on any atom is -0.325 e. The average Bonchev–Trinajstić information content (AvgIpc) is 2.70. The number of aromatic nitrogens is 1. The molecular weight excluding hydrogens is 411 g/mol. The van der Waals surface area contributed by atoms with Gasteiger partial charge >= 0.3 is 0 Å². The van der Waals surface area contributed by atoms with Crippen LogP contribution in [-0.4, -0.2) is 41.3 Å². The minimum absolute atomic E-state index is 0.0337. The van der Waals surface area contributed by atoms with Gasteiger partial charge in [0.15, 0.2) is 0 Å². The van der Waals surface area contributed by atoms with Crippen LogP contribution in [0.1, 0.15) is 6.92 Å². The molecule has 150 valence electrons. The van der Waals surface area contributed by atoms with Crippen molar-refractivity contribution in [3.63, 3.8) is 0 Å². The highest BCUT2D eigenvalue weighted by Gasteiger charge is 2.21. The van der Waals surface area contributed by atoms with Gasteiger partial charge < -0.3 is 10.6 Å². The molecule has 0 fully saturated rings. The SMILES string of the molecule is CC(C(=O)Nc1cccc2ncccc12)N(C)CC(=O)Nc1ccc(Cl)c(Cl)c1. The number of nitrogens with zero attached hydrogens (tertiary/aromatic N) is 2. The molecule has 0 aliphatic carbocycles. The topological polar surface area (TPSA) is 74.3 Å². The monoisotopic (exact) mass is 430 g/mol. The first-order chi connectivity index (χ1) is 13.8. The van der Waals surface area contributed by atoms with Crippen LogP contribution in [0, 0.1) is 0 Å². The van der Waals surface area contributed by atoms with Gasteiger partial charge in [0, 0.05) is 17.3 Å². The highest BCUT2D eigenvalue weighted by molar-refractivity contribution is 6.42. The summed E-state index contributed by atoms with van der Waals surface area (Å²) in [6.45, 7) is 1.77. The molecule has 0 aliphatic heterocycles. The molecule has 0 saturated heterocycles. The highest BCUT2D eigenvalue weighted by Crippen LogP contribution is 2.25. The maximum absolute atomic E-state index is 12.7. The third-order valence-electron chi connectivity index (χ3n) is 4.54. The molecular formula is C21H20Cl2N4O2. The normalized spacial score (nSPS) is 12.0. The van der Waals surface area contributed by atoms with Gasteiger partial charge in [0.2, 0.25) is 11.8 Å². The lowest BCUT2D eigenvalue weighted by Crippen LogP contribution is -2.43. The quantitative estimate of drug-likeness (QED) is 0.605. The van der Waals surface area contributed by atoms with Crippen LogP contribution >= 0.6 is 23.2 Å².